The Morgan fingerprint density at radius 1 is 1.11 bits per heavy atom. The number of hydrogen-bond acceptors (Lipinski definition) is 4. The van der Waals surface area contributed by atoms with Gasteiger partial charge < -0.3 is 4.90 Å². The average Bonchev–Trinajstić information content (AvgIpc) is 3.03. The fourth-order valence-electron chi connectivity index (χ4n) is 3.18. The van der Waals surface area contributed by atoms with Crippen LogP contribution in [0.2, 0.25) is 0 Å². The van der Waals surface area contributed by atoms with Gasteiger partial charge in [-0.25, -0.2) is 4.98 Å². The molecule has 0 saturated heterocycles. The number of halogens is 1. The molecule has 0 saturated carbocycles. The maximum Gasteiger partial charge on any atom is 0.233 e. The summed E-state index contributed by atoms with van der Waals surface area (Å²) in [6.45, 7) is 5.75. The zero-order valence-corrected chi connectivity index (χ0v) is 19.2. The van der Waals surface area contributed by atoms with Gasteiger partial charge in [0.2, 0.25) is 5.91 Å². The SMILES string of the molecule is Cc1ccc(CC(=O)N(CCCN(C)C)c2nc3ccc(Br)cc3s2)c(C)c1. The van der Waals surface area contributed by atoms with Crippen molar-refractivity contribution in [3.63, 3.8) is 0 Å². The second-order valence-electron chi connectivity index (χ2n) is 7.42. The predicted molar refractivity (Wildman–Crippen MR) is 122 cm³/mol. The minimum absolute atomic E-state index is 0.101. The first-order valence-corrected chi connectivity index (χ1v) is 11.0. The van der Waals surface area contributed by atoms with Gasteiger partial charge in [0.15, 0.2) is 5.13 Å². The van der Waals surface area contributed by atoms with Gasteiger partial charge >= 0.3 is 0 Å². The summed E-state index contributed by atoms with van der Waals surface area (Å²) in [5.74, 6) is 0.101. The second-order valence-corrected chi connectivity index (χ2v) is 9.34. The summed E-state index contributed by atoms with van der Waals surface area (Å²) >= 11 is 5.09. The Bertz CT molecular complexity index is 983. The zero-order valence-electron chi connectivity index (χ0n) is 16.8. The Morgan fingerprint density at radius 3 is 2.61 bits per heavy atom. The van der Waals surface area contributed by atoms with Gasteiger partial charge in [0.25, 0.3) is 0 Å². The number of thiazole rings is 1. The number of benzene rings is 2. The predicted octanol–water partition coefficient (Wildman–Crippen LogP) is 5.20. The summed E-state index contributed by atoms with van der Waals surface area (Å²) in [6, 6.07) is 12.3. The monoisotopic (exact) mass is 459 g/mol. The quantitative estimate of drug-likeness (QED) is 0.486. The normalized spacial score (nSPS) is 11.4. The Labute approximate surface area is 179 Å². The summed E-state index contributed by atoms with van der Waals surface area (Å²) in [5, 5.41) is 0.779. The van der Waals surface area contributed by atoms with E-state index >= 15 is 0 Å². The van der Waals surface area contributed by atoms with E-state index in [0.29, 0.717) is 13.0 Å². The Hall–Kier alpha value is -1.76. The standard InChI is InChI=1S/C22H26BrN3OS/c1-15-6-7-17(16(2)12-15)13-21(27)26(11-5-10-25(3)4)22-24-19-9-8-18(23)14-20(19)28-22/h6-9,12,14H,5,10-11,13H2,1-4H3. The van der Waals surface area contributed by atoms with Crippen molar-refractivity contribution in [2.45, 2.75) is 26.7 Å². The molecule has 0 fully saturated rings. The number of hydrogen-bond donors (Lipinski definition) is 0. The van der Waals surface area contributed by atoms with Crippen molar-refractivity contribution >= 4 is 48.5 Å². The molecule has 148 valence electrons. The molecule has 0 N–H and O–H groups in total. The second kappa shape index (κ2) is 9.16. The third-order valence-corrected chi connectivity index (χ3v) is 6.23. The third kappa shape index (κ3) is 5.19. The largest absolute Gasteiger partial charge is 0.309 e. The number of aromatic nitrogens is 1. The molecule has 0 unspecified atom stereocenters. The highest BCUT2D eigenvalue weighted by molar-refractivity contribution is 9.10. The van der Waals surface area contributed by atoms with Crippen molar-refractivity contribution in [1.29, 1.82) is 0 Å². The van der Waals surface area contributed by atoms with E-state index in [9.17, 15) is 4.79 Å². The number of fused-ring (bicyclic) bond motifs is 1. The van der Waals surface area contributed by atoms with Crippen LogP contribution in [0.1, 0.15) is 23.1 Å². The van der Waals surface area contributed by atoms with Crippen LogP contribution in [0.4, 0.5) is 5.13 Å². The van der Waals surface area contributed by atoms with Crippen molar-refractivity contribution in [2.75, 3.05) is 32.1 Å². The van der Waals surface area contributed by atoms with E-state index in [1.54, 1.807) is 11.3 Å². The van der Waals surface area contributed by atoms with Crippen LogP contribution >= 0.6 is 27.3 Å². The smallest absolute Gasteiger partial charge is 0.233 e. The first kappa shape index (κ1) is 21.0. The molecule has 3 aromatic rings. The first-order valence-electron chi connectivity index (χ1n) is 9.41. The summed E-state index contributed by atoms with van der Waals surface area (Å²) in [5.41, 5.74) is 4.39. The van der Waals surface area contributed by atoms with Crippen LogP contribution in [0.5, 0.6) is 0 Å². The van der Waals surface area contributed by atoms with Gasteiger partial charge in [0, 0.05) is 11.0 Å². The molecule has 1 amide bonds. The minimum atomic E-state index is 0.101. The summed E-state index contributed by atoms with van der Waals surface area (Å²) in [4.78, 5) is 22.0. The maximum absolute atomic E-state index is 13.2. The maximum atomic E-state index is 13.2. The van der Waals surface area contributed by atoms with Crippen LogP contribution in [0.25, 0.3) is 10.2 Å². The molecule has 0 aliphatic heterocycles. The average molecular weight is 460 g/mol. The number of carbonyl (C=O) groups is 1. The number of aryl methyl sites for hydroxylation is 2. The highest BCUT2D eigenvalue weighted by atomic mass is 79.9. The van der Waals surface area contributed by atoms with Gasteiger partial charge in [0.1, 0.15) is 0 Å². The van der Waals surface area contributed by atoms with Gasteiger partial charge in [-0.1, -0.05) is 51.0 Å². The molecule has 0 bridgehead atoms. The molecule has 4 nitrogen and oxygen atoms in total. The minimum Gasteiger partial charge on any atom is -0.309 e. The number of rotatable bonds is 7. The Balaban J connectivity index is 1.87. The topological polar surface area (TPSA) is 36.4 Å². The fraction of sp³-hybridized carbons (Fsp3) is 0.364. The number of amides is 1. The van der Waals surface area contributed by atoms with Crippen LogP contribution in [0, 0.1) is 13.8 Å². The lowest BCUT2D eigenvalue weighted by molar-refractivity contribution is -0.118. The third-order valence-electron chi connectivity index (χ3n) is 4.70. The van der Waals surface area contributed by atoms with Gasteiger partial charge in [-0.3, -0.25) is 9.69 Å². The van der Waals surface area contributed by atoms with E-state index in [-0.39, 0.29) is 5.91 Å². The van der Waals surface area contributed by atoms with E-state index in [1.165, 1.54) is 5.56 Å². The number of nitrogens with zero attached hydrogens (tertiary/aromatic N) is 3. The van der Waals surface area contributed by atoms with Gasteiger partial charge in [-0.05, 0) is 70.2 Å². The van der Waals surface area contributed by atoms with Crippen LogP contribution in [-0.2, 0) is 11.2 Å². The first-order chi connectivity index (χ1) is 13.3. The lowest BCUT2D eigenvalue weighted by Gasteiger charge is -2.21. The molecule has 28 heavy (non-hydrogen) atoms. The number of carbonyl (C=O) groups excluding carboxylic acids is 1. The molecule has 0 radical (unpaired) electrons. The van der Waals surface area contributed by atoms with Crippen molar-refractivity contribution in [2.24, 2.45) is 0 Å². The fourth-order valence-corrected chi connectivity index (χ4v) is 4.74. The Kier molecular flexibility index (Phi) is 6.86. The van der Waals surface area contributed by atoms with Crippen molar-refractivity contribution < 1.29 is 4.79 Å². The van der Waals surface area contributed by atoms with E-state index in [0.717, 1.165) is 43.9 Å². The lowest BCUT2D eigenvalue weighted by atomic mass is 10.0. The zero-order chi connectivity index (χ0) is 20.3. The van der Waals surface area contributed by atoms with E-state index in [1.807, 2.05) is 17.0 Å². The van der Waals surface area contributed by atoms with Crippen molar-refractivity contribution in [1.82, 2.24) is 9.88 Å². The highest BCUT2D eigenvalue weighted by Gasteiger charge is 2.20. The Morgan fingerprint density at radius 2 is 1.89 bits per heavy atom. The molecule has 1 aromatic heterocycles. The van der Waals surface area contributed by atoms with Crippen molar-refractivity contribution in [3.8, 4) is 0 Å². The van der Waals surface area contributed by atoms with Crippen LogP contribution in [0.3, 0.4) is 0 Å². The summed E-state index contributed by atoms with van der Waals surface area (Å²) in [6.07, 6.45) is 1.30. The molecular weight excluding hydrogens is 434 g/mol. The highest BCUT2D eigenvalue weighted by Crippen LogP contribution is 2.31. The van der Waals surface area contributed by atoms with Gasteiger partial charge in [-0.15, -0.1) is 0 Å². The van der Waals surface area contributed by atoms with Gasteiger partial charge in [-0.2, -0.15) is 0 Å². The molecule has 1 heterocycles. The molecule has 0 spiro atoms. The summed E-state index contributed by atoms with van der Waals surface area (Å²) < 4.78 is 2.11. The lowest BCUT2D eigenvalue weighted by Crippen LogP contribution is -2.34. The molecule has 3 rings (SSSR count). The molecular formula is C22H26BrN3OS. The van der Waals surface area contributed by atoms with E-state index < -0.39 is 0 Å². The summed E-state index contributed by atoms with van der Waals surface area (Å²) in [7, 11) is 4.11. The molecule has 2 aromatic carbocycles. The molecule has 0 atom stereocenters. The van der Waals surface area contributed by atoms with Crippen LogP contribution in [0.15, 0.2) is 40.9 Å². The number of anilines is 1. The van der Waals surface area contributed by atoms with E-state index in [4.69, 9.17) is 4.98 Å². The molecule has 0 aliphatic rings. The molecule has 0 aliphatic carbocycles. The van der Waals surface area contributed by atoms with Crippen molar-refractivity contribution in [3.05, 3.63) is 57.6 Å². The van der Waals surface area contributed by atoms with E-state index in [2.05, 4.69) is 73.0 Å². The molecule has 6 heteroatoms. The van der Waals surface area contributed by atoms with Gasteiger partial charge in [0.05, 0.1) is 16.6 Å². The van der Waals surface area contributed by atoms with Crippen LogP contribution < -0.4 is 4.90 Å². The van der Waals surface area contributed by atoms with Crippen LogP contribution in [-0.4, -0.2) is 43.0 Å².